The van der Waals surface area contributed by atoms with Crippen molar-refractivity contribution in [1.82, 2.24) is 15.5 Å². The number of ether oxygens (including phenoxy) is 2. The zero-order valence-electron chi connectivity index (χ0n) is 22.3. The van der Waals surface area contributed by atoms with E-state index in [0.29, 0.717) is 18.0 Å². The van der Waals surface area contributed by atoms with Crippen LogP contribution in [-0.2, 0) is 22.6 Å². The van der Waals surface area contributed by atoms with E-state index in [-0.39, 0.29) is 30.8 Å². The van der Waals surface area contributed by atoms with Gasteiger partial charge in [0.15, 0.2) is 10.6 Å². The largest absolute Gasteiger partial charge is 0.392 e. The van der Waals surface area contributed by atoms with Gasteiger partial charge in [0.1, 0.15) is 5.01 Å². The number of rotatable bonds is 9. The van der Waals surface area contributed by atoms with Crippen LogP contribution in [0.2, 0.25) is 0 Å². The van der Waals surface area contributed by atoms with Crippen molar-refractivity contribution in [3.8, 4) is 0 Å². The van der Waals surface area contributed by atoms with Crippen molar-refractivity contribution in [3.63, 3.8) is 0 Å². The molecule has 1 aliphatic rings. The number of carbonyl (C=O) groups is 1. The number of urea groups is 1. The SMILES string of the molecule is Cc1nnc(SC[C@@H]2O[C@H](c3ccc(NC(=O)NCc4ccccc4)cc3)O[C@H](c3ccc(CO)cc3)[C@@H]2C)s1. The van der Waals surface area contributed by atoms with Gasteiger partial charge in [0.05, 0.1) is 18.8 Å². The first kappa shape index (κ1) is 28.3. The van der Waals surface area contributed by atoms with Gasteiger partial charge in [0.2, 0.25) is 0 Å². The Hall–Kier alpha value is -3.28. The van der Waals surface area contributed by atoms with Gasteiger partial charge in [-0.05, 0) is 35.7 Å². The molecule has 1 fully saturated rings. The molecule has 2 heterocycles. The molecule has 8 nitrogen and oxygen atoms in total. The van der Waals surface area contributed by atoms with E-state index in [1.54, 1.807) is 23.1 Å². The second kappa shape index (κ2) is 13.4. The summed E-state index contributed by atoms with van der Waals surface area (Å²) < 4.78 is 13.9. The summed E-state index contributed by atoms with van der Waals surface area (Å²) >= 11 is 3.22. The van der Waals surface area contributed by atoms with Gasteiger partial charge in [-0.3, -0.25) is 0 Å². The van der Waals surface area contributed by atoms with Crippen LogP contribution in [0.4, 0.5) is 10.5 Å². The van der Waals surface area contributed by atoms with Crippen LogP contribution in [0.5, 0.6) is 0 Å². The van der Waals surface area contributed by atoms with Crippen LogP contribution in [0.25, 0.3) is 0 Å². The van der Waals surface area contributed by atoms with E-state index in [1.807, 2.05) is 85.8 Å². The van der Waals surface area contributed by atoms with Gasteiger partial charge in [-0.25, -0.2) is 4.79 Å². The van der Waals surface area contributed by atoms with Crippen LogP contribution in [0.1, 0.15) is 46.6 Å². The molecule has 4 aromatic rings. The molecule has 3 aromatic carbocycles. The minimum Gasteiger partial charge on any atom is -0.392 e. The molecule has 1 saturated heterocycles. The van der Waals surface area contributed by atoms with Crippen molar-refractivity contribution in [2.75, 3.05) is 11.1 Å². The second-order valence-electron chi connectivity index (χ2n) is 9.64. The molecule has 0 aliphatic carbocycles. The Morgan fingerprint density at radius 3 is 2.35 bits per heavy atom. The van der Waals surface area contributed by atoms with Gasteiger partial charge in [-0.1, -0.05) is 96.8 Å². The number of anilines is 1. The number of benzene rings is 3. The fourth-order valence-corrected chi connectivity index (χ4v) is 6.48. The predicted octanol–water partition coefficient (Wildman–Crippen LogP) is 6.24. The van der Waals surface area contributed by atoms with Crippen LogP contribution in [0.3, 0.4) is 0 Å². The number of aromatic nitrogens is 2. The molecular weight excluding hydrogens is 544 g/mol. The lowest BCUT2D eigenvalue weighted by Gasteiger charge is -2.41. The van der Waals surface area contributed by atoms with Crippen molar-refractivity contribution >= 4 is 34.8 Å². The molecule has 10 heteroatoms. The fraction of sp³-hybridized carbons (Fsp3) is 0.300. The average molecular weight is 577 g/mol. The summed E-state index contributed by atoms with van der Waals surface area (Å²) in [5.74, 6) is 0.786. The third kappa shape index (κ3) is 7.26. The number of aliphatic hydroxyl groups excluding tert-OH is 1. The molecule has 5 rings (SSSR count). The Morgan fingerprint density at radius 1 is 0.950 bits per heavy atom. The van der Waals surface area contributed by atoms with Crippen LogP contribution in [0, 0.1) is 12.8 Å². The summed E-state index contributed by atoms with van der Waals surface area (Å²) in [5.41, 5.74) is 4.46. The number of nitrogens with zero attached hydrogens (tertiary/aromatic N) is 2. The Kier molecular flexibility index (Phi) is 9.45. The predicted molar refractivity (Wildman–Crippen MR) is 157 cm³/mol. The number of aryl methyl sites for hydroxylation is 1. The fourth-order valence-electron chi connectivity index (χ4n) is 4.48. The van der Waals surface area contributed by atoms with Crippen molar-refractivity contribution in [3.05, 3.63) is 106 Å². The first-order valence-electron chi connectivity index (χ1n) is 13.1. The standard InChI is InChI=1S/C30H32N4O4S2/c1-19-26(18-39-30-34-33-20(2)40-30)37-28(38-27(19)23-10-8-22(17-35)9-11-23)24-12-14-25(15-13-24)32-29(36)31-16-21-6-4-3-5-7-21/h3-15,19,26-28,35H,16-18H2,1-2H3,(H2,31,32,36)/t19-,26+,27+,28+/m1/s1. The zero-order chi connectivity index (χ0) is 27.9. The smallest absolute Gasteiger partial charge is 0.319 e. The summed E-state index contributed by atoms with van der Waals surface area (Å²) in [6.45, 7) is 4.53. The maximum absolute atomic E-state index is 12.4. The van der Waals surface area contributed by atoms with Gasteiger partial charge >= 0.3 is 6.03 Å². The Bertz CT molecular complexity index is 1380. The lowest BCUT2D eigenvalue weighted by atomic mass is 9.91. The molecule has 4 atom stereocenters. The minimum absolute atomic E-state index is 0.00170. The summed E-state index contributed by atoms with van der Waals surface area (Å²) in [6.07, 6.45) is -0.881. The molecular formula is C30H32N4O4S2. The maximum Gasteiger partial charge on any atom is 0.319 e. The highest BCUT2D eigenvalue weighted by Crippen LogP contribution is 2.43. The highest BCUT2D eigenvalue weighted by Gasteiger charge is 2.38. The Labute approximate surface area is 242 Å². The summed E-state index contributed by atoms with van der Waals surface area (Å²) in [5, 5.41) is 24.5. The van der Waals surface area contributed by atoms with E-state index in [9.17, 15) is 9.90 Å². The van der Waals surface area contributed by atoms with Crippen molar-refractivity contribution < 1.29 is 19.4 Å². The van der Waals surface area contributed by atoms with Gasteiger partial charge in [-0.2, -0.15) is 0 Å². The monoisotopic (exact) mass is 576 g/mol. The molecule has 0 spiro atoms. The third-order valence-electron chi connectivity index (χ3n) is 6.74. The van der Waals surface area contributed by atoms with Gasteiger partial charge in [0, 0.05) is 29.5 Å². The number of hydrogen-bond donors (Lipinski definition) is 3. The molecule has 0 saturated carbocycles. The van der Waals surface area contributed by atoms with Gasteiger partial charge < -0.3 is 25.2 Å². The highest BCUT2D eigenvalue weighted by atomic mass is 32.2. The summed E-state index contributed by atoms with van der Waals surface area (Å²) in [4.78, 5) is 12.4. The Morgan fingerprint density at radius 2 is 1.68 bits per heavy atom. The molecule has 0 unspecified atom stereocenters. The molecule has 1 aromatic heterocycles. The van der Waals surface area contributed by atoms with E-state index in [0.717, 1.165) is 31.6 Å². The lowest BCUT2D eigenvalue weighted by molar-refractivity contribution is -0.268. The van der Waals surface area contributed by atoms with E-state index in [2.05, 4.69) is 27.8 Å². The van der Waals surface area contributed by atoms with Crippen LogP contribution in [-0.4, -0.2) is 33.2 Å². The first-order chi connectivity index (χ1) is 19.5. The van der Waals surface area contributed by atoms with Crippen LogP contribution in [0.15, 0.2) is 83.2 Å². The minimum atomic E-state index is -0.582. The van der Waals surface area contributed by atoms with Crippen molar-refractivity contribution in [1.29, 1.82) is 0 Å². The topological polar surface area (TPSA) is 106 Å². The third-order valence-corrected chi connectivity index (χ3v) is 8.80. The van der Waals surface area contributed by atoms with E-state index in [1.165, 1.54) is 0 Å². The zero-order valence-corrected chi connectivity index (χ0v) is 24.0. The van der Waals surface area contributed by atoms with Crippen LogP contribution < -0.4 is 10.6 Å². The normalized spacial score (nSPS) is 20.7. The maximum atomic E-state index is 12.4. The number of thioether (sulfide) groups is 1. The molecule has 2 amide bonds. The van der Waals surface area contributed by atoms with Gasteiger partial charge in [-0.15, -0.1) is 10.2 Å². The van der Waals surface area contributed by atoms with E-state index >= 15 is 0 Å². The first-order valence-corrected chi connectivity index (χ1v) is 14.9. The molecule has 40 heavy (non-hydrogen) atoms. The van der Waals surface area contributed by atoms with Gasteiger partial charge in [0.25, 0.3) is 0 Å². The average Bonchev–Trinajstić information content (AvgIpc) is 3.41. The molecule has 3 N–H and O–H groups in total. The summed E-state index contributed by atoms with van der Waals surface area (Å²) in [7, 11) is 0. The van der Waals surface area contributed by atoms with E-state index in [4.69, 9.17) is 9.47 Å². The Balaban J connectivity index is 1.27. The quantitative estimate of drug-likeness (QED) is 0.202. The van der Waals surface area contributed by atoms with Crippen molar-refractivity contribution in [2.45, 2.75) is 49.8 Å². The molecule has 0 radical (unpaired) electrons. The van der Waals surface area contributed by atoms with E-state index < -0.39 is 6.29 Å². The number of nitrogens with one attached hydrogen (secondary N) is 2. The van der Waals surface area contributed by atoms with Crippen molar-refractivity contribution in [2.24, 2.45) is 5.92 Å². The second-order valence-corrected chi connectivity index (χ2v) is 12.1. The highest BCUT2D eigenvalue weighted by molar-refractivity contribution is 8.01. The number of carbonyl (C=O) groups excluding carboxylic acids is 1. The molecule has 0 bridgehead atoms. The molecule has 1 aliphatic heterocycles. The number of hydrogen-bond acceptors (Lipinski definition) is 8. The van der Waals surface area contributed by atoms with Crippen LogP contribution >= 0.6 is 23.1 Å². The lowest BCUT2D eigenvalue weighted by Crippen LogP contribution is -2.38. The molecule has 208 valence electrons. The number of aliphatic hydroxyl groups is 1. The number of amides is 2. The summed E-state index contributed by atoms with van der Waals surface area (Å²) in [6, 6.07) is 24.9.